The van der Waals surface area contributed by atoms with Gasteiger partial charge in [-0.3, -0.25) is 0 Å². The van der Waals surface area contributed by atoms with Crippen LogP contribution in [0.15, 0.2) is 42.5 Å². The molecule has 2 aromatic carbocycles. The third-order valence-corrected chi connectivity index (χ3v) is 2.55. The molecule has 0 bridgehead atoms. The van der Waals surface area contributed by atoms with E-state index in [1.165, 1.54) is 12.1 Å². The summed E-state index contributed by atoms with van der Waals surface area (Å²) in [5, 5.41) is 8.92. The lowest BCUT2D eigenvalue weighted by atomic mass is 10.0. The molecule has 0 aliphatic carbocycles. The standard InChI is InChI=1S/C14H8F4O3/c15-11-3-1-2-8(5-11)9-4-10(13(19)20)7-12(6-9)21-14(16,17)18/h1-7H,(H,19,20). The van der Waals surface area contributed by atoms with Crippen LogP contribution in [0.1, 0.15) is 10.4 Å². The van der Waals surface area contributed by atoms with Crippen molar-refractivity contribution in [3.05, 3.63) is 53.8 Å². The zero-order valence-electron chi connectivity index (χ0n) is 10.3. The van der Waals surface area contributed by atoms with Crippen LogP contribution in [0.2, 0.25) is 0 Å². The van der Waals surface area contributed by atoms with Gasteiger partial charge in [-0.1, -0.05) is 12.1 Å². The maximum absolute atomic E-state index is 13.2. The van der Waals surface area contributed by atoms with Crippen LogP contribution in [0.4, 0.5) is 17.6 Å². The predicted octanol–water partition coefficient (Wildman–Crippen LogP) is 4.09. The predicted molar refractivity (Wildman–Crippen MR) is 65.5 cm³/mol. The Hall–Kier alpha value is -2.57. The quantitative estimate of drug-likeness (QED) is 0.868. The second kappa shape index (κ2) is 5.43. The van der Waals surface area contributed by atoms with Crippen molar-refractivity contribution in [3.63, 3.8) is 0 Å². The molecule has 21 heavy (non-hydrogen) atoms. The van der Waals surface area contributed by atoms with Gasteiger partial charge < -0.3 is 9.84 Å². The van der Waals surface area contributed by atoms with Crippen molar-refractivity contribution in [1.82, 2.24) is 0 Å². The second-order valence-electron chi connectivity index (χ2n) is 4.11. The summed E-state index contributed by atoms with van der Waals surface area (Å²) in [6.07, 6.45) is -4.95. The summed E-state index contributed by atoms with van der Waals surface area (Å²) in [7, 11) is 0. The Kier molecular flexibility index (Phi) is 3.84. The van der Waals surface area contributed by atoms with Gasteiger partial charge in [0, 0.05) is 0 Å². The molecule has 0 unspecified atom stereocenters. The van der Waals surface area contributed by atoms with Gasteiger partial charge in [0.25, 0.3) is 0 Å². The van der Waals surface area contributed by atoms with Gasteiger partial charge in [-0.15, -0.1) is 13.2 Å². The molecule has 3 nitrogen and oxygen atoms in total. The van der Waals surface area contributed by atoms with E-state index in [0.29, 0.717) is 0 Å². The molecule has 7 heteroatoms. The molecule has 0 saturated heterocycles. The maximum Gasteiger partial charge on any atom is 0.573 e. The molecule has 2 aromatic rings. The van der Waals surface area contributed by atoms with Gasteiger partial charge in [0.2, 0.25) is 0 Å². The fraction of sp³-hybridized carbons (Fsp3) is 0.0714. The molecule has 0 atom stereocenters. The van der Waals surface area contributed by atoms with Crippen LogP contribution in [0, 0.1) is 5.82 Å². The van der Waals surface area contributed by atoms with Gasteiger partial charge in [0.1, 0.15) is 11.6 Å². The summed E-state index contributed by atoms with van der Waals surface area (Å²) in [6.45, 7) is 0. The van der Waals surface area contributed by atoms with Crippen molar-refractivity contribution in [2.75, 3.05) is 0 Å². The Morgan fingerprint density at radius 1 is 1.05 bits per heavy atom. The minimum Gasteiger partial charge on any atom is -0.478 e. The van der Waals surface area contributed by atoms with Crippen molar-refractivity contribution in [2.45, 2.75) is 6.36 Å². The summed E-state index contributed by atoms with van der Waals surface area (Å²) >= 11 is 0. The first-order chi connectivity index (χ1) is 9.74. The number of alkyl halides is 3. The topological polar surface area (TPSA) is 46.5 Å². The lowest BCUT2D eigenvalue weighted by Gasteiger charge is -2.11. The first-order valence-electron chi connectivity index (χ1n) is 5.65. The SMILES string of the molecule is O=C(O)c1cc(OC(F)(F)F)cc(-c2cccc(F)c2)c1. The third-order valence-electron chi connectivity index (χ3n) is 2.55. The Labute approximate surface area is 116 Å². The molecule has 0 saturated carbocycles. The van der Waals surface area contributed by atoms with Crippen LogP contribution in [0.3, 0.4) is 0 Å². The molecule has 0 heterocycles. The van der Waals surface area contributed by atoms with Crippen molar-refractivity contribution in [1.29, 1.82) is 0 Å². The molecular weight excluding hydrogens is 292 g/mol. The lowest BCUT2D eigenvalue weighted by molar-refractivity contribution is -0.274. The van der Waals surface area contributed by atoms with Crippen LogP contribution in [0.25, 0.3) is 11.1 Å². The number of carboxylic acids is 1. The lowest BCUT2D eigenvalue weighted by Crippen LogP contribution is -2.17. The smallest absolute Gasteiger partial charge is 0.478 e. The molecule has 0 aromatic heterocycles. The highest BCUT2D eigenvalue weighted by Gasteiger charge is 2.31. The van der Waals surface area contributed by atoms with Gasteiger partial charge in [-0.05, 0) is 41.5 Å². The minimum atomic E-state index is -4.95. The minimum absolute atomic E-state index is 0.105. The monoisotopic (exact) mass is 300 g/mol. The zero-order valence-corrected chi connectivity index (χ0v) is 10.3. The van der Waals surface area contributed by atoms with E-state index in [0.717, 1.165) is 30.3 Å². The number of hydrogen-bond acceptors (Lipinski definition) is 2. The van der Waals surface area contributed by atoms with Gasteiger partial charge >= 0.3 is 12.3 Å². The molecule has 0 radical (unpaired) electrons. The van der Waals surface area contributed by atoms with Crippen molar-refractivity contribution < 1.29 is 32.2 Å². The molecule has 110 valence electrons. The van der Waals surface area contributed by atoms with E-state index in [1.807, 2.05) is 0 Å². The van der Waals surface area contributed by atoms with Gasteiger partial charge in [0.05, 0.1) is 5.56 Å². The molecule has 0 aliphatic rings. The van der Waals surface area contributed by atoms with E-state index in [-0.39, 0.29) is 11.1 Å². The van der Waals surface area contributed by atoms with E-state index >= 15 is 0 Å². The number of ether oxygens (including phenoxy) is 1. The molecule has 0 spiro atoms. The molecule has 0 aliphatic heterocycles. The Balaban J connectivity index is 2.52. The van der Waals surface area contributed by atoms with Gasteiger partial charge in [-0.25, -0.2) is 9.18 Å². The average Bonchev–Trinajstić information content (AvgIpc) is 2.36. The number of carboxylic acid groups (broad SMARTS) is 1. The zero-order chi connectivity index (χ0) is 15.6. The molecular formula is C14H8F4O3. The van der Waals surface area contributed by atoms with Gasteiger partial charge in [-0.2, -0.15) is 0 Å². The highest BCUT2D eigenvalue weighted by atomic mass is 19.4. The maximum atomic E-state index is 13.2. The fourth-order valence-electron chi connectivity index (χ4n) is 1.75. The van der Waals surface area contributed by atoms with Crippen molar-refractivity contribution in [2.24, 2.45) is 0 Å². The molecule has 1 N–H and O–H groups in total. The highest BCUT2D eigenvalue weighted by molar-refractivity contribution is 5.90. The van der Waals surface area contributed by atoms with Gasteiger partial charge in [0.15, 0.2) is 0 Å². The van der Waals surface area contributed by atoms with Crippen LogP contribution in [0.5, 0.6) is 5.75 Å². The van der Waals surface area contributed by atoms with E-state index < -0.39 is 29.5 Å². The summed E-state index contributed by atoms with van der Waals surface area (Å²) < 4.78 is 53.6. The number of halogens is 4. The summed E-state index contributed by atoms with van der Waals surface area (Å²) in [6, 6.07) is 7.94. The number of hydrogen-bond donors (Lipinski definition) is 1. The molecule has 2 rings (SSSR count). The van der Waals surface area contributed by atoms with E-state index in [4.69, 9.17) is 5.11 Å². The summed E-state index contributed by atoms with van der Waals surface area (Å²) in [5.41, 5.74) is -0.0465. The number of aromatic carboxylic acids is 1. The largest absolute Gasteiger partial charge is 0.573 e. The van der Waals surface area contributed by atoms with Crippen LogP contribution < -0.4 is 4.74 Å². The average molecular weight is 300 g/mol. The van der Waals surface area contributed by atoms with E-state index in [2.05, 4.69) is 4.74 Å². The van der Waals surface area contributed by atoms with Crippen molar-refractivity contribution >= 4 is 5.97 Å². The van der Waals surface area contributed by atoms with Crippen LogP contribution in [-0.2, 0) is 0 Å². The first-order valence-corrected chi connectivity index (χ1v) is 5.65. The number of benzene rings is 2. The van der Waals surface area contributed by atoms with Crippen molar-refractivity contribution in [3.8, 4) is 16.9 Å². The third kappa shape index (κ3) is 3.95. The van der Waals surface area contributed by atoms with E-state index in [1.54, 1.807) is 0 Å². The Morgan fingerprint density at radius 3 is 2.33 bits per heavy atom. The highest BCUT2D eigenvalue weighted by Crippen LogP contribution is 2.30. The summed E-state index contributed by atoms with van der Waals surface area (Å²) in [4.78, 5) is 11.0. The van der Waals surface area contributed by atoms with E-state index in [9.17, 15) is 22.4 Å². The second-order valence-corrected chi connectivity index (χ2v) is 4.11. The number of rotatable bonds is 3. The fourth-order valence-corrected chi connectivity index (χ4v) is 1.75. The van der Waals surface area contributed by atoms with Crippen LogP contribution in [-0.4, -0.2) is 17.4 Å². The molecule has 0 amide bonds. The summed E-state index contributed by atoms with van der Waals surface area (Å²) in [5.74, 6) is -2.69. The molecule has 0 fully saturated rings. The first kappa shape index (κ1) is 14.8. The van der Waals surface area contributed by atoms with Crippen LogP contribution >= 0.6 is 0 Å². The Bertz CT molecular complexity index is 680. The Morgan fingerprint density at radius 2 is 1.76 bits per heavy atom. The normalized spacial score (nSPS) is 11.2. The number of carbonyl (C=O) groups is 1.